The summed E-state index contributed by atoms with van der Waals surface area (Å²) in [7, 11) is -1.80. The van der Waals surface area contributed by atoms with Crippen LogP contribution in [0.25, 0.3) is 0 Å². The van der Waals surface area contributed by atoms with Crippen molar-refractivity contribution in [2.75, 3.05) is 0 Å². The summed E-state index contributed by atoms with van der Waals surface area (Å²) in [5.74, 6) is 0.610. The largest absolute Gasteiger partial charge is 0.543 e. The van der Waals surface area contributed by atoms with E-state index >= 15 is 0 Å². The highest BCUT2D eigenvalue weighted by Gasteiger charge is 2.35. The summed E-state index contributed by atoms with van der Waals surface area (Å²) in [6.45, 7) is 6.73. The van der Waals surface area contributed by atoms with Gasteiger partial charge in [-0.05, 0) is 52.3 Å². The Morgan fingerprint density at radius 2 is 1.45 bits per heavy atom. The van der Waals surface area contributed by atoms with Crippen LogP contribution >= 0.6 is 15.9 Å². The molecule has 0 radical (unpaired) electrons. The van der Waals surface area contributed by atoms with E-state index in [4.69, 9.17) is 4.43 Å². The zero-order valence-electron chi connectivity index (χ0n) is 14.3. The molecule has 0 heterocycles. The van der Waals surface area contributed by atoms with Crippen molar-refractivity contribution in [1.29, 1.82) is 0 Å². The molecule has 0 saturated heterocycles. The lowest BCUT2D eigenvalue weighted by Crippen LogP contribution is -2.41. The fourth-order valence-electron chi connectivity index (χ4n) is 2.82. The maximum Gasteiger partial charge on any atom is 0.251 e. The molecule has 1 aromatic carbocycles. The Morgan fingerprint density at radius 1 is 0.955 bits per heavy atom. The van der Waals surface area contributed by atoms with Crippen LogP contribution in [-0.2, 0) is 0 Å². The first kappa shape index (κ1) is 19.7. The Labute approximate surface area is 144 Å². The van der Waals surface area contributed by atoms with E-state index in [1.165, 1.54) is 68.8 Å². The number of halogens is 2. The molecule has 0 N–H and O–H groups in total. The van der Waals surface area contributed by atoms with Crippen molar-refractivity contribution in [2.24, 2.45) is 0 Å². The summed E-state index contributed by atoms with van der Waals surface area (Å²) in [6.07, 6.45) is 7.33. The summed E-state index contributed by atoms with van der Waals surface area (Å²) in [5.41, 5.74) is 0. The van der Waals surface area contributed by atoms with Crippen molar-refractivity contribution >= 4 is 24.2 Å². The summed E-state index contributed by atoms with van der Waals surface area (Å²) >= 11 is 3.46. The van der Waals surface area contributed by atoms with Gasteiger partial charge in [0.05, 0.1) is 4.47 Å². The van der Waals surface area contributed by atoms with Crippen molar-refractivity contribution in [2.45, 2.75) is 77.4 Å². The lowest BCUT2D eigenvalue weighted by atomic mass is 10.3. The van der Waals surface area contributed by atoms with Gasteiger partial charge in [0.25, 0.3) is 8.32 Å². The van der Waals surface area contributed by atoms with E-state index in [1.807, 2.05) is 0 Å². The summed E-state index contributed by atoms with van der Waals surface area (Å²) < 4.78 is 20.7. The maximum absolute atomic E-state index is 13.3. The van der Waals surface area contributed by atoms with Crippen molar-refractivity contribution in [1.82, 2.24) is 0 Å². The second kappa shape index (κ2) is 10.4. The van der Waals surface area contributed by atoms with Gasteiger partial charge < -0.3 is 4.43 Å². The zero-order valence-corrected chi connectivity index (χ0v) is 16.8. The number of rotatable bonds is 11. The molecular formula is C18H30BrFOSi. The molecule has 1 aromatic rings. The van der Waals surface area contributed by atoms with Crippen LogP contribution in [0.5, 0.6) is 5.75 Å². The standard InChI is InChI=1S/C18H30BrFOSi/c1-4-7-12-22(13-8-5-2,14-9-6-3)21-18-11-10-16(20)15-17(18)19/h10-11,15H,4-9,12-14H2,1-3H3. The average Bonchev–Trinajstić information content (AvgIpc) is 2.51. The van der Waals surface area contributed by atoms with Crippen molar-refractivity contribution in [3.05, 3.63) is 28.5 Å². The highest BCUT2D eigenvalue weighted by Crippen LogP contribution is 2.35. The van der Waals surface area contributed by atoms with E-state index in [0.29, 0.717) is 0 Å². The number of hydrogen-bond donors (Lipinski definition) is 0. The Bertz CT molecular complexity index is 417. The third kappa shape index (κ3) is 6.41. The number of unbranched alkanes of at least 4 members (excludes halogenated alkanes) is 3. The third-order valence-electron chi connectivity index (χ3n) is 4.18. The second-order valence-electron chi connectivity index (χ2n) is 6.17. The molecule has 0 fully saturated rings. The molecule has 0 amide bonds. The molecule has 1 rings (SSSR count). The monoisotopic (exact) mass is 388 g/mol. The minimum atomic E-state index is -1.80. The molecule has 0 saturated carbocycles. The molecule has 0 unspecified atom stereocenters. The van der Waals surface area contributed by atoms with E-state index in [1.54, 1.807) is 6.07 Å². The highest BCUT2D eigenvalue weighted by atomic mass is 79.9. The second-order valence-corrected chi connectivity index (χ2v) is 11.1. The van der Waals surface area contributed by atoms with Crippen molar-refractivity contribution in [3.8, 4) is 5.75 Å². The Balaban J connectivity index is 2.97. The number of benzene rings is 1. The van der Waals surface area contributed by atoms with Crippen molar-refractivity contribution < 1.29 is 8.82 Å². The van der Waals surface area contributed by atoms with Crippen LogP contribution in [0, 0.1) is 5.82 Å². The first-order valence-corrected chi connectivity index (χ1v) is 12.0. The van der Waals surface area contributed by atoms with Gasteiger partial charge in [0.15, 0.2) is 0 Å². The van der Waals surface area contributed by atoms with Crippen molar-refractivity contribution in [3.63, 3.8) is 0 Å². The first-order valence-electron chi connectivity index (χ1n) is 8.71. The van der Waals surface area contributed by atoms with Gasteiger partial charge in [-0.15, -0.1) is 0 Å². The smallest absolute Gasteiger partial charge is 0.251 e. The predicted molar refractivity (Wildman–Crippen MR) is 99.6 cm³/mol. The molecule has 0 aromatic heterocycles. The third-order valence-corrected chi connectivity index (χ3v) is 9.25. The minimum Gasteiger partial charge on any atom is -0.543 e. The van der Waals surface area contributed by atoms with Crippen LogP contribution in [0.1, 0.15) is 59.3 Å². The molecule has 4 heteroatoms. The van der Waals surface area contributed by atoms with Gasteiger partial charge in [-0.1, -0.05) is 59.3 Å². The lowest BCUT2D eigenvalue weighted by molar-refractivity contribution is 0.505. The maximum atomic E-state index is 13.3. The van der Waals surface area contributed by atoms with Crippen LogP contribution in [0.4, 0.5) is 4.39 Å². The molecule has 0 aliphatic carbocycles. The summed E-state index contributed by atoms with van der Waals surface area (Å²) in [6, 6.07) is 8.44. The van der Waals surface area contributed by atoms with E-state index < -0.39 is 8.32 Å². The van der Waals surface area contributed by atoms with Gasteiger partial charge in [-0.3, -0.25) is 0 Å². The van der Waals surface area contributed by atoms with Crippen LogP contribution in [0.3, 0.4) is 0 Å². The summed E-state index contributed by atoms with van der Waals surface area (Å²) in [5, 5.41) is 0. The number of hydrogen-bond acceptors (Lipinski definition) is 1. The topological polar surface area (TPSA) is 9.23 Å². The highest BCUT2D eigenvalue weighted by molar-refractivity contribution is 9.10. The fraction of sp³-hybridized carbons (Fsp3) is 0.667. The van der Waals surface area contributed by atoms with Crippen LogP contribution < -0.4 is 4.43 Å². The Hall–Kier alpha value is -0.353. The lowest BCUT2D eigenvalue weighted by Gasteiger charge is -2.33. The molecule has 0 atom stereocenters. The average molecular weight is 389 g/mol. The molecule has 1 nitrogen and oxygen atoms in total. The predicted octanol–water partition coefficient (Wildman–Crippen LogP) is 7.31. The van der Waals surface area contributed by atoms with E-state index in [-0.39, 0.29) is 5.82 Å². The van der Waals surface area contributed by atoms with E-state index in [9.17, 15) is 4.39 Å². The van der Waals surface area contributed by atoms with Gasteiger partial charge in [-0.25, -0.2) is 4.39 Å². The van der Waals surface area contributed by atoms with Gasteiger partial charge >= 0.3 is 0 Å². The van der Waals surface area contributed by atoms with E-state index in [2.05, 4.69) is 36.7 Å². The molecule has 126 valence electrons. The zero-order chi connectivity index (χ0) is 16.4. The molecule has 0 bridgehead atoms. The first-order chi connectivity index (χ1) is 10.6. The molecular weight excluding hydrogens is 359 g/mol. The Morgan fingerprint density at radius 3 is 1.86 bits per heavy atom. The molecule has 0 aliphatic heterocycles. The normalized spacial score (nSPS) is 11.7. The van der Waals surface area contributed by atoms with Crippen LogP contribution in [0.2, 0.25) is 18.1 Å². The van der Waals surface area contributed by atoms with Crippen LogP contribution in [0.15, 0.2) is 22.7 Å². The molecule has 0 aliphatic rings. The SMILES string of the molecule is CCCC[Si](CCCC)(CCCC)Oc1ccc(F)cc1Br. The van der Waals surface area contributed by atoms with Gasteiger partial charge in [0.1, 0.15) is 11.6 Å². The van der Waals surface area contributed by atoms with Gasteiger partial charge in [0, 0.05) is 0 Å². The quantitative estimate of drug-likeness (QED) is 0.361. The minimum absolute atomic E-state index is 0.220. The molecule has 22 heavy (non-hydrogen) atoms. The molecule has 0 spiro atoms. The van der Waals surface area contributed by atoms with Gasteiger partial charge in [-0.2, -0.15) is 0 Å². The van der Waals surface area contributed by atoms with Crippen LogP contribution in [-0.4, -0.2) is 8.32 Å². The van der Waals surface area contributed by atoms with Gasteiger partial charge in [0.2, 0.25) is 0 Å². The Kier molecular flexibility index (Phi) is 9.33. The van der Waals surface area contributed by atoms with E-state index in [0.717, 1.165) is 10.2 Å². The fourth-order valence-corrected chi connectivity index (χ4v) is 8.09. The summed E-state index contributed by atoms with van der Waals surface area (Å²) in [4.78, 5) is 0.